The minimum absolute atomic E-state index is 0.0171. The summed E-state index contributed by atoms with van der Waals surface area (Å²) in [5.74, 6) is -0.0171. The van der Waals surface area contributed by atoms with E-state index in [1.807, 2.05) is 20.8 Å². The van der Waals surface area contributed by atoms with Gasteiger partial charge in [0, 0.05) is 0 Å². The van der Waals surface area contributed by atoms with E-state index in [2.05, 4.69) is 18.9 Å². The van der Waals surface area contributed by atoms with Gasteiger partial charge in [-0.2, -0.15) is 0 Å². The van der Waals surface area contributed by atoms with Gasteiger partial charge in [0.15, 0.2) is 0 Å². The van der Waals surface area contributed by atoms with Gasteiger partial charge in [-0.25, -0.2) is 0 Å². The minimum Gasteiger partial charge on any atom is -0.459 e. The molecule has 0 aromatic rings. The molecule has 3 nitrogen and oxygen atoms in total. The molecule has 0 radical (unpaired) electrons. The van der Waals surface area contributed by atoms with E-state index in [9.17, 15) is 4.79 Å². The highest BCUT2D eigenvalue weighted by atomic mass is 16.6. The molecule has 1 saturated heterocycles. The molecule has 3 heteroatoms. The Morgan fingerprint density at radius 1 is 1.26 bits per heavy atom. The Morgan fingerprint density at radius 3 is 2.42 bits per heavy atom. The molecule has 1 aliphatic heterocycles. The average Bonchev–Trinajstić information content (AvgIpc) is 2.65. The summed E-state index contributed by atoms with van der Waals surface area (Å²) in [5, 5.41) is 0. The molecule has 0 aromatic heterocycles. The van der Waals surface area contributed by atoms with Gasteiger partial charge < -0.3 is 4.74 Å². The van der Waals surface area contributed by atoms with E-state index >= 15 is 0 Å². The van der Waals surface area contributed by atoms with Crippen molar-refractivity contribution in [3.8, 4) is 0 Å². The Labute approximate surface area is 118 Å². The first-order valence-electron chi connectivity index (χ1n) is 7.76. The van der Waals surface area contributed by atoms with Crippen LogP contribution in [-0.2, 0) is 9.53 Å². The SMILES string of the molecule is CCCCCCC1(C(=O)OC(C)(C)C)CCCN1C. The van der Waals surface area contributed by atoms with Gasteiger partial charge in [-0.1, -0.05) is 32.6 Å². The third-order valence-electron chi connectivity index (χ3n) is 4.04. The number of nitrogens with zero attached hydrogens (tertiary/aromatic N) is 1. The molecule has 1 fully saturated rings. The molecule has 1 atom stereocenters. The number of hydrogen-bond donors (Lipinski definition) is 0. The van der Waals surface area contributed by atoms with Gasteiger partial charge in [-0.3, -0.25) is 9.69 Å². The van der Waals surface area contributed by atoms with Crippen molar-refractivity contribution in [2.75, 3.05) is 13.6 Å². The van der Waals surface area contributed by atoms with E-state index < -0.39 is 5.60 Å². The molecule has 1 rings (SSSR count). The summed E-state index contributed by atoms with van der Waals surface area (Å²) in [6.45, 7) is 9.07. The van der Waals surface area contributed by atoms with Crippen LogP contribution >= 0.6 is 0 Å². The summed E-state index contributed by atoms with van der Waals surface area (Å²) in [6, 6.07) is 0. The maximum absolute atomic E-state index is 12.6. The molecule has 0 bridgehead atoms. The van der Waals surface area contributed by atoms with Crippen molar-refractivity contribution in [3.63, 3.8) is 0 Å². The molecule has 1 unspecified atom stereocenters. The molecule has 112 valence electrons. The van der Waals surface area contributed by atoms with Gasteiger partial charge >= 0.3 is 5.97 Å². The molecule has 0 N–H and O–H groups in total. The Morgan fingerprint density at radius 2 is 1.95 bits per heavy atom. The van der Waals surface area contributed by atoms with Crippen molar-refractivity contribution in [3.05, 3.63) is 0 Å². The van der Waals surface area contributed by atoms with Gasteiger partial charge in [0.05, 0.1) is 0 Å². The number of likely N-dealkylation sites (tertiary alicyclic amines) is 1. The molecule has 1 aliphatic rings. The summed E-state index contributed by atoms with van der Waals surface area (Å²) in [5.41, 5.74) is -0.752. The van der Waals surface area contributed by atoms with Crippen LogP contribution in [0.4, 0.5) is 0 Å². The highest BCUT2D eigenvalue weighted by Crippen LogP contribution is 2.35. The van der Waals surface area contributed by atoms with E-state index in [1.54, 1.807) is 0 Å². The van der Waals surface area contributed by atoms with Crippen LogP contribution in [-0.4, -0.2) is 35.6 Å². The first kappa shape index (κ1) is 16.5. The topological polar surface area (TPSA) is 29.5 Å². The molecule has 1 heterocycles. The summed E-state index contributed by atoms with van der Waals surface area (Å²) < 4.78 is 5.67. The van der Waals surface area contributed by atoms with Crippen LogP contribution in [0, 0.1) is 0 Å². The van der Waals surface area contributed by atoms with Crippen LogP contribution < -0.4 is 0 Å². The zero-order valence-electron chi connectivity index (χ0n) is 13.4. The van der Waals surface area contributed by atoms with E-state index in [1.165, 1.54) is 19.3 Å². The fourth-order valence-electron chi connectivity index (χ4n) is 2.91. The monoisotopic (exact) mass is 269 g/mol. The zero-order chi connectivity index (χ0) is 14.5. The summed E-state index contributed by atoms with van der Waals surface area (Å²) >= 11 is 0. The molecule has 0 saturated carbocycles. The first-order valence-corrected chi connectivity index (χ1v) is 7.76. The quantitative estimate of drug-likeness (QED) is 0.543. The third-order valence-corrected chi connectivity index (χ3v) is 4.04. The van der Waals surface area contributed by atoms with Crippen molar-refractivity contribution >= 4 is 5.97 Å². The van der Waals surface area contributed by atoms with Gasteiger partial charge in [0.2, 0.25) is 0 Å². The minimum atomic E-state index is -0.392. The lowest BCUT2D eigenvalue weighted by molar-refractivity contribution is -0.168. The average molecular weight is 269 g/mol. The molecular weight excluding hydrogens is 238 g/mol. The van der Waals surface area contributed by atoms with Crippen LogP contribution in [0.1, 0.15) is 72.6 Å². The highest BCUT2D eigenvalue weighted by Gasteiger charge is 2.47. The normalized spacial score (nSPS) is 24.7. The highest BCUT2D eigenvalue weighted by molar-refractivity contribution is 5.81. The first-order chi connectivity index (χ1) is 8.82. The van der Waals surface area contributed by atoms with Gasteiger partial charge in [-0.05, 0) is 53.6 Å². The number of esters is 1. The van der Waals surface area contributed by atoms with E-state index in [0.717, 1.165) is 32.2 Å². The maximum atomic E-state index is 12.6. The number of unbranched alkanes of at least 4 members (excludes halogenated alkanes) is 3. The predicted octanol–water partition coefficient (Wildman–Crippen LogP) is 3.76. The van der Waals surface area contributed by atoms with Crippen molar-refractivity contribution in [2.45, 2.75) is 83.8 Å². The van der Waals surface area contributed by atoms with Crippen molar-refractivity contribution in [1.82, 2.24) is 4.90 Å². The Balaban J connectivity index is 2.68. The lowest BCUT2D eigenvalue weighted by Crippen LogP contribution is -2.51. The second-order valence-electron chi connectivity index (χ2n) is 6.87. The van der Waals surface area contributed by atoms with Crippen LogP contribution in [0.3, 0.4) is 0 Å². The standard InChI is InChI=1S/C16H31NO2/c1-6-7-8-9-11-16(12-10-13-17(16)5)14(18)19-15(2,3)4/h6-13H2,1-5H3. The fraction of sp³-hybridized carbons (Fsp3) is 0.938. The van der Waals surface area contributed by atoms with Gasteiger partial charge in [0.1, 0.15) is 11.1 Å². The molecule has 19 heavy (non-hydrogen) atoms. The summed E-state index contributed by atoms with van der Waals surface area (Å²) in [4.78, 5) is 14.8. The van der Waals surface area contributed by atoms with Crippen molar-refractivity contribution < 1.29 is 9.53 Å². The van der Waals surface area contributed by atoms with Crippen LogP contribution in [0.15, 0.2) is 0 Å². The molecule has 0 spiro atoms. The summed E-state index contributed by atoms with van der Waals surface area (Å²) in [6.07, 6.45) is 7.82. The fourth-order valence-corrected chi connectivity index (χ4v) is 2.91. The lowest BCUT2D eigenvalue weighted by atomic mass is 9.89. The Kier molecular flexibility index (Phi) is 5.84. The number of carbonyl (C=O) groups is 1. The lowest BCUT2D eigenvalue weighted by Gasteiger charge is -2.36. The number of ether oxygens (including phenoxy) is 1. The molecule has 0 amide bonds. The number of rotatable bonds is 6. The van der Waals surface area contributed by atoms with E-state index in [-0.39, 0.29) is 11.5 Å². The molecular formula is C16H31NO2. The summed E-state index contributed by atoms with van der Waals surface area (Å²) in [7, 11) is 2.07. The largest absolute Gasteiger partial charge is 0.459 e. The molecule has 0 aliphatic carbocycles. The van der Waals surface area contributed by atoms with Gasteiger partial charge in [0.25, 0.3) is 0 Å². The Hall–Kier alpha value is -0.570. The number of likely N-dealkylation sites (N-methyl/N-ethyl adjacent to an activating group) is 1. The zero-order valence-corrected chi connectivity index (χ0v) is 13.4. The van der Waals surface area contributed by atoms with Crippen LogP contribution in [0.25, 0.3) is 0 Å². The second-order valence-corrected chi connectivity index (χ2v) is 6.87. The Bertz CT molecular complexity index is 296. The molecule has 0 aromatic carbocycles. The second kappa shape index (κ2) is 6.74. The van der Waals surface area contributed by atoms with Crippen LogP contribution in [0.5, 0.6) is 0 Å². The van der Waals surface area contributed by atoms with Crippen molar-refractivity contribution in [2.24, 2.45) is 0 Å². The number of hydrogen-bond acceptors (Lipinski definition) is 3. The number of carbonyl (C=O) groups excluding carboxylic acids is 1. The van der Waals surface area contributed by atoms with E-state index in [4.69, 9.17) is 4.74 Å². The maximum Gasteiger partial charge on any atom is 0.327 e. The third kappa shape index (κ3) is 4.48. The van der Waals surface area contributed by atoms with Crippen molar-refractivity contribution in [1.29, 1.82) is 0 Å². The predicted molar refractivity (Wildman–Crippen MR) is 79.2 cm³/mol. The van der Waals surface area contributed by atoms with E-state index in [0.29, 0.717) is 0 Å². The smallest absolute Gasteiger partial charge is 0.327 e. The van der Waals surface area contributed by atoms with Gasteiger partial charge in [-0.15, -0.1) is 0 Å². The van der Waals surface area contributed by atoms with Crippen LogP contribution in [0.2, 0.25) is 0 Å².